The van der Waals surface area contributed by atoms with Crippen molar-refractivity contribution in [3.05, 3.63) is 36.6 Å². The lowest BCUT2D eigenvalue weighted by Crippen LogP contribution is -1.96. The monoisotopic (exact) mass is 280 g/mol. The van der Waals surface area contributed by atoms with Crippen molar-refractivity contribution in [3.63, 3.8) is 0 Å². The molecule has 0 aromatic carbocycles. The van der Waals surface area contributed by atoms with E-state index in [9.17, 15) is 0 Å². The van der Waals surface area contributed by atoms with Crippen molar-refractivity contribution in [2.75, 3.05) is 13.7 Å². The third kappa shape index (κ3) is 25.2. The Kier molecular flexibility index (Phi) is 40.5. The molecule has 1 atom stereocenters. The van der Waals surface area contributed by atoms with Crippen molar-refractivity contribution in [3.8, 4) is 12.3 Å². The zero-order valence-corrected chi connectivity index (χ0v) is 13.8. The van der Waals surface area contributed by atoms with Crippen LogP contribution in [0.5, 0.6) is 0 Å². The summed E-state index contributed by atoms with van der Waals surface area (Å²) in [5.41, 5.74) is 6.45. The summed E-state index contributed by atoms with van der Waals surface area (Å²) in [6.45, 7) is 15.5. The molecule has 116 valence electrons. The molecule has 0 saturated carbocycles. The van der Waals surface area contributed by atoms with Gasteiger partial charge in [-0.25, -0.2) is 0 Å². The highest BCUT2D eigenvalue weighted by Crippen LogP contribution is 2.01. The molecule has 3 N–H and O–H groups in total. The molecule has 3 nitrogen and oxygen atoms in total. The van der Waals surface area contributed by atoms with Gasteiger partial charge in [-0.3, -0.25) is 4.99 Å². The molecule has 0 aliphatic rings. The molecule has 0 bridgehead atoms. The van der Waals surface area contributed by atoms with Crippen molar-refractivity contribution < 1.29 is 5.11 Å². The van der Waals surface area contributed by atoms with Crippen LogP contribution in [0.4, 0.5) is 0 Å². The number of hydrogen-bond acceptors (Lipinski definition) is 3. The molecular formula is C17H32N2O. The first kappa shape index (κ1) is 26.7. The predicted octanol–water partition coefficient (Wildman–Crippen LogP) is 3.57. The lowest BCUT2D eigenvalue weighted by molar-refractivity contribution is 0.399. The SMILES string of the molecule is C#CC(C=C)/C=C\C/C(N)=C\CN=C.CC.CC.CO. The Balaban J connectivity index is -0.000000187. The summed E-state index contributed by atoms with van der Waals surface area (Å²) in [5, 5.41) is 7.00. The highest BCUT2D eigenvalue weighted by Gasteiger charge is 1.90. The molecule has 20 heavy (non-hydrogen) atoms. The molecule has 0 spiro atoms. The maximum Gasteiger partial charge on any atom is 0.0582 e. The Morgan fingerprint density at radius 2 is 1.85 bits per heavy atom. The summed E-state index contributed by atoms with van der Waals surface area (Å²) in [5.74, 6) is 2.56. The summed E-state index contributed by atoms with van der Waals surface area (Å²) in [6, 6.07) is 0. The maximum absolute atomic E-state index is 7.00. The molecule has 0 saturated heterocycles. The third-order valence-electron chi connectivity index (χ3n) is 1.63. The van der Waals surface area contributed by atoms with Gasteiger partial charge in [0.25, 0.3) is 0 Å². The Morgan fingerprint density at radius 1 is 1.35 bits per heavy atom. The topological polar surface area (TPSA) is 58.6 Å². The Morgan fingerprint density at radius 3 is 2.20 bits per heavy atom. The quantitative estimate of drug-likeness (QED) is 0.444. The fourth-order valence-corrected chi connectivity index (χ4v) is 0.818. The first-order valence-electron chi connectivity index (χ1n) is 6.81. The number of terminal acetylenes is 1. The van der Waals surface area contributed by atoms with E-state index in [2.05, 4.69) is 24.2 Å². The van der Waals surface area contributed by atoms with Gasteiger partial charge in [0.1, 0.15) is 0 Å². The standard InChI is InChI=1S/C12H16N2.2C2H6.CH4O/c1-4-11(5-2)7-6-8-12(13)9-10-14-3;3*1-2/h1,5-7,9,11H,2-3,8,10,13H2;2*1-2H3;2H,1H3/b7-6-,12-9+;;;. The number of rotatable bonds is 6. The molecule has 0 aromatic heterocycles. The number of aliphatic hydroxyl groups excluding tert-OH is 1. The number of aliphatic imine (C=N–C) groups is 1. The molecule has 3 heteroatoms. The summed E-state index contributed by atoms with van der Waals surface area (Å²) in [6.07, 6.45) is 13.3. The number of nitrogens with two attached hydrogens (primary N) is 1. The van der Waals surface area contributed by atoms with Crippen LogP contribution in [0.15, 0.2) is 41.6 Å². The van der Waals surface area contributed by atoms with E-state index in [1.54, 1.807) is 6.08 Å². The van der Waals surface area contributed by atoms with Crippen LogP contribution in [-0.4, -0.2) is 25.5 Å². The van der Waals surface area contributed by atoms with E-state index in [1.807, 2.05) is 45.9 Å². The van der Waals surface area contributed by atoms with Crippen molar-refractivity contribution in [2.24, 2.45) is 16.6 Å². The van der Waals surface area contributed by atoms with Gasteiger partial charge in [0.2, 0.25) is 0 Å². The lowest BCUT2D eigenvalue weighted by Gasteiger charge is -1.97. The predicted molar refractivity (Wildman–Crippen MR) is 93.8 cm³/mol. The smallest absolute Gasteiger partial charge is 0.0582 e. The highest BCUT2D eigenvalue weighted by molar-refractivity contribution is 5.24. The van der Waals surface area contributed by atoms with E-state index in [0.29, 0.717) is 13.0 Å². The van der Waals surface area contributed by atoms with Gasteiger partial charge in [0, 0.05) is 19.2 Å². The van der Waals surface area contributed by atoms with Crippen LogP contribution < -0.4 is 5.73 Å². The average molecular weight is 280 g/mol. The minimum Gasteiger partial charge on any atom is -0.402 e. The number of nitrogens with zero attached hydrogens (tertiary/aromatic N) is 1. The van der Waals surface area contributed by atoms with Gasteiger partial charge in [-0.2, -0.15) is 0 Å². The lowest BCUT2D eigenvalue weighted by atomic mass is 10.1. The summed E-state index contributed by atoms with van der Waals surface area (Å²) < 4.78 is 0. The van der Waals surface area contributed by atoms with Crippen molar-refractivity contribution in [2.45, 2.75) is 34.1 Å². The van der Waals surface area contributed by atoms with Gasteiger partial charge in [-0.1, -0.05) is 51.8 Å². The molecule has 0 amide bonds. The summed E-state index contributed by atoms with van der Waals surface area (Å²) in [7, 11) is 1.00. The maximum atomic E-state index is 7.00. The van der Waals surface area contributed by atoms with Gasteiger partial charge in [0.15, 0.2) is 0 Å². The normalized spacial score (nSPS) is 10.3. The van der Waals surface area contributed by atoms with E-state index >= 15 is 0 Å². The fraction of sp³-hybridized carbons (Fsp3) is 0.471. The van der Waals surface area contributed by atoms with Crippen LogP contribution in [0.3, 0.4) is 0 Å². The number of aliphatic hydroxyl groups is 1. The van der Waals surface area contributed by atoms with E-state index < -0.39 is 0 Å². The first-order valence-corrected chi connectivity index (χ1v) is 6.81. The van der Waals surface area contributed by atoms with Gasteiger partial charge in [-0.15, -0.1) is 13.0 Å². The van der Waals surface area contributed by atoms with Gasteiger partial charge >= 0.3 is 0 Å². The van der Waals surface area contributed by atoms with Crippen LogP contribution in [0.25, 0.3) is 0 Å². The molecular weight excluding hydrogens is 248 g/mol. The first-order chi connectivity index (χ1) is 9.74. The van der Waals surface area contributed by atoms with Crippen LogP contribution in [0.1, 0.15) is 34.1 Å². The molecule has 0 fully saturated rings. The molecule has 0 aliphatic carbocycles. The summed E-state index contributed by atoms with van der Waals surface area (Å²) >= 11 is 0. The van der Waals surface area contributed by atoms with E-state index in [4.69, 9.17) is 17.3 Å². The van der Waals surface area contributed by atoms with Gasteiger partial charge in [-0.05, 0) is 12.8 Å². The fourth-order valence-electron chi connectivity index (χ4n) is 0.818. The molecule has 0 rings (SSSR count). The minimum absolute atomic E-state index is 0.0136. The van der Waals surface area contributed by atoms with E-state index in [0.717, 1.165) is 12.8 Å². The molecule has 0 aromatic rings. The molecule has 0 radical (unpaired) electrons. The Labute approximate surface area is 126 Å². The molecule has 0 aliphatic heterocycles. The zero-order valence-electron chi connectivity index (χ0n) is 13.8. The minimum atomic E-state index is -0.0136. The molecule has 1 unspecified atom stereocenters. The van der Waals surface area contributed by atoms with Crippen LogP contribution in [0.2, 0.25) is 0 Å². The van der Waals surface area contributed by atoms with Crippen molar-refractivity contribution in [1.82, 2.24) is 0 Å². The second-order valence-electron chi connectivity index (χ2n) is 2.75. The molecule has 0 heterocycles. The Bertz CT molecular complexity index is 286. The van der Waals surface area contributed by atoms with Gasteiger partial charge in [0.05, 0.1) is 12.5 Å². The van der Waals surface area contributed by atoms with Crippen LogP contribution in [0, 0.1) is 18.3 Å². The van der Waals surface area contributed by atoms with E-state index in [1.165, 1.54) is 0 Å². The third-order valence-corrected chi connectivity index (χ3v) is 1.63. The number of allylic oxidation sites excluding steroid dienone is 3. The highest BCUT2D eigenvalue weighted by atomic mass is 16.2. The van der Waals surface area contributed by atoms with Crippen LogP contribution >= 0.6 is 0 Å². The zero-order chi connectivity index (χ0) is 16.8. The Hall–Kier alpha value is -1.79. The largest absolute Gasteiger partial charge is 0.402 e. The number of hydrogen-bond donors (Lipinski definition) is 2. The van der Waals surface area contributed by atoms with Crippen molar-refractivity contribution >= 4 is 6.72 Å². The van der Waals surface area contributed by atoms with Gasteiger partial charge < -0.3 is 10.8 Å². The summed E-state index contributed by atoms with van der Waals surface area (Å²) in [4.78, 5) is 3.67. The van der Waals surface area contributed by atoms with Crippen molar-refractivity contribution in [1.29, 1.82) is 0 Å². The average Bonchev–Trinajstić information content (AvgIpc) is 2.55. The second-order valence-corrected chi connectivity index (χ2v) is 2.75. The van der Waals surface area contributed by atoms with E-state index in [-0.39, 0.29) is 5.92 Å². The van der Waals surface area contributed by atoms with Crippen LogP contribution in [-0.2, 0) is 0 Å². The second kappa shape index (κ2) is 30.3.